The summed E-state index contributed by atoms with van der Waals surface area (Å²) in [5.74, 6) is 1.59. The van der Waals surface area contributed by atoms with Gasteiger partial charge in [-0.3, -0.25) is 0 Å². The summed E-state index contributed by atoms with van der Waals surface area (Å²) in [6, 6.07) is 16.6. The molecule has 0 saturated heterocycles. The van der Waals surface area contributed by atoms with Gasteiger partial charge in [0.1, 0.15) is 5.82 Å². The van der Waals surface area contributed by atoms with E-state index in [0.29, 0.717) is 5.92 Å². The standard InChI is InChI=1S/C18H17N3/c19-16-6-3-5-14(11-16)18-20-8-9-21(18)12-15-10-13-4-1-2-7-17(13)15/h1-9,11,15H,10,12,19H2. The van der Waals surface area contributed by atoms with Crippen molar-refractivity contribution in [3.05, 3.63) is 72.1 Å². The molecule has 1 aliphatic carbocycles. The van der Waals surface area contributed by atoms with Crippen LogP contribution in [0.3, 0.4) is 0 Å². The van der Waals surface area contributed by atoms with E-state index < -0.39 is 0 Å². The minimum absolute atomic E-state index is 0.593. The van der Waals surface area contributed by atoms with E-state index in [1.807, 2.05) is 24.4 Å². The monoisotopic (exact) mass is 275 g/mol. The highest BCUT2D eigenvalue weighted by Crippen LogP contribution is 2.36. The van der Waals surface area contributed by atoms with E-state index in [2.05, 4.69) is 46.1 Å². The van der Waals surface area contributed by atoms with Crippen molar-refractivity contribution in [1.82, 2.24) is 9.55 Å². The normalized spacial score (nSPS) is 16.3. The van der Waals surface area contributed by atoms with E-state index in [1.54, 1.807) is 0 Å². The predicted octanol–water partition coefficient (Wildman–Crippen LogP) is 3.47. The summed E-state index contributed by atoms with van der Waals surface area (Å²) in [6.45, 7) is 0.973. The molecule has 0 saturated carbocycles. The highest BCUT2D eigenvalue weighted by molar-refractivity contribution is 5.61. The van der Waals surface area contributed by atoms with Crippen molar-refractivity contribution in [2.75, 3.05) is 5.73 Å². The third-order valence-corrected chi connectivity index (χ3v) is 4.24. The summed E-state index contributed by atoms with van der Waals surface area (Å²) < 4.78 is 2.23. The number of rotatable bonds is 3. The van der Waals surface area contributed by atoms with E-state index in [1.165, 1.54) is 11.1 Å². The van der Waals surface area contributed by atoms with Gasteiger partial charge in [0.25, 0.3) is 0 Å². The SMILES string of the molecule is Nc1cccc(-c2nccn2CC2Cc3ccccc32)c1. The fourth-order valence-corrected chi connectivity index (χ4v) is 3.16. The van der Waals surface area contributed by atoms with Crippen LogP contribution in [-0.4, -0.2) is 9.55 Å². The minimum atomic E-state index is 0.593. The first-order valence-electron chi connectivity index (χ1n) is 7.26. The Morgan fingerprint density at radius 1 is 1.14 bits per heavy atom. The molecule has 0 spiro atoms. The highest BCUT2D eigenvalue weighted by Gasteiger charge is 2.26. The van der Waals surface area contributed by atoms with Gasteiger partial charge in [0.05, 0.1) is 0 Å². The zero-order chi connectivity index (χ0) is 14.2. The van der Waals surface area contributed by atoms with Crippen molar-refractivity contribution >= 4 is 5.69 Å². The number of imidazole rings is 1. The molecule has 4 rings (SSSR count). The van der Waals surface area contributed by atoms with Crippen LogP contribution < -0.4 is 5.73 Å². The molecule has 0 amide bonds. The molecule has 1 heterocycles. The Kier molecular flexibility index (Phi) is 2.78. The number of nitrogen functional groups attached to an aromatic ring is 1. The predicted molar refractivity (Wildman–Crippen MR) is 85.0 cm³/mol. The van der Waals surface area contributed by atoms with Gasteiger partial charge in [0.15, 0.2) is 0 Å². The molecule has 0 fully saturated rings. The van der Waals surface area contributed by atoms with E-state index in [9.17, 15) is 0 Å². The summed E-state index contributed by atoms with van der Waals surface area (Å²) >= 11 is 0. The van der Waals surface area contributed by atoms with Crippen LogP contribution in [0, 0.1) is 0 Å². The summed E-state index contributed by atoms with van der Waals surface area (Å²) in [5.41, 5.74) is 10.7. The lowest BCUT2D eigenvalue weighted by molar-refractivity contribution is 0.512. The van der Waals surface area contributed by atoms with Crippen LogP contribution in [0.25, 0.3) is 11.4 Å². The summed E-state index contributed by atoms with van der Waals surface area (Å²) in [5, 5.41) is 0. The molecule has 1 atom stereocenters. The highest BCUT2D eigenvalue weighted by atomic mass is 15.1. The molecule has 0 aliphatic heterocycles. The molecule has 0 radical (unpaired) electrons. The van der Waals surface area contributed by atoms with Crippen LogP contribution in [0.4, 0.5) is 5.69 Å². The van der Waals surface area contributed by atoms with Crippen LogP contribution in [-0.2, 0) is 13.0 Å². The Labute approximate surface area is 124 Å². The van der Waals surface area contributed by atoms with Crippen LogP contribution in [0.5, 0.6) is 0 Å². The fourth-order valence-electron chi connectivity index (χ4n) is 3.16. The lowest BCUT2D eigenvalue weighted by Gasteiger charge is -2.30. The van der Waals surface area contributed by atoms with Gasteiger partial charge < -0.3 is 10.3 Å². The second-order valence-electron chi connectivity index (χ2n) is 5.63. The Hall–Kier alpha value is -2.55. The second-order valence-corrected chi connectivity index (χ2v) is 5.63. The first-order chi connectivity index (χ1) is 10.3. The molecule has 3 nitrogen and oxygen atoms in total. The first kappa shape index (κ1) is 12.2. The lowest BCUT2D eigenvalue weighted by atomic mass is 9.77. The van der Waals surface area contributed by atoms with Gasteiger partial charge in [-0.05, 0) is 29.7 Å². The van der Waals surface area contributed by atoms with Gasteiger partial charge in [-0.2, -0.15) is 0 Å². The Bertz CT molecular complexity index is 788. The smallest absolute Gasteiger partial charge is 0.139 e. The van der Waals surface area contributed by atoms with E-state index >= 15 is 0 Å². The number of nitrogens with two attached hydrogens (primary N) is 1. The van der Waals surface area contributed by atoms with Gasteiger partial charge in [-0.15, -0.1) is 0 Å². The summed E-state index contributed by atoms with van der Waals surface area (Å²) in [7, 11) is 0. The fraction of sp³-hybridized carbons (Fsp3) is 0.167. The quantitative estimate of drug-likeness (QED) is 0.744. The zero-order valence-electron chi connectivity index (χ0n) is 11.7. The van der Waals surface area contributed by atoms with Crippen molar-refractivity contribution in [3.63, 3.8) is 0 Å². The molecular formula is C18H17N3. The van der Waals surface area contributed by atoms with Crippen molar-refractivity contribution in [3.8, 4) is 11.4 Å². The van der Waals surface area contributed by atoms with Crippen molar-refractivity contribution in [2.45, 2.75) is 18.9 Å². The first-order valence-corrected chi connectivity index (χ1v) is 7.26. The maximum absolute atomic E-state index is 5.88. The van der Waals surface area contributed by atoms with E-state index in [4.69, 9.17) is 5.73 Å². The van der Waals surface area contributed by atoms with Gasteiger partial charge in [0.2, 0.25) is 0 Å². The summed E-state index contributed by atoms with van der Waals surface area (Å²) in [6.07, 6.45) is 5.08. The average Bonchev–Trinajstić information content (AvgIpc) is 2.93. The average molecular weight is 275 g/mol. The third kappa shape index (κ3) is 2.11. The third-order valence-electron chi connectivity index (χ3n) is 4.24. The number of anilines is 1. The topological polar surface area (TPSA) is 43.8 Å². The van der Waals surface area contributed by atoms with E-state index in [0.717, 1.165) is 30.0 Å². The van der Waals surface area contributed by atoms with Gasteiger partial charge in [-0.25, -0.2) is 4.98 Å². The molecule has 1 unspecified atom stereocenters. The van der Waals surface area contributed by atoms with Crippen molar-refractivity contribution in [1.29, 1.82) is 0 Å². The number of hydrogen-bond acceptors (Lipinski definition) is 2. The van der Waals surface area contributed by atoms with E-state index in [-0.39, 0.29) is 0 Å². The Morgan fingerprint density at radius 3 is 2.90 bits per heavy atom. The maximum atomic E-state index is 5.88. The lowest BCUT2D eigenvalue weighted by Crippen LogP contribution is -2.22. The van der Waals surface area contributed by atoms with Crippen LogP contribution in [0.2, 0.25) is 0 Å². The van der Waals surface area contributed by atoms with Crippen LogP contribution >= 0.6 is 0 Å². The van der Waals surface area contributed by atoms with Gasteiger partial charge >= 0.3 is 0 Å². The number of hydrogen-bond donors (Lipinski definition) is 1. The molecule has 2 N–H and O–H groups in total. The Balaban J connectivity index is 1.62. The van der Waals surface area contributed by atoms with Gasteiger partial charge in [-0.1, -0.05) is 36.4 Å². The molecule has 1 aromatic heterocycles. The van der Waals surface area contributed by atoms with Gasteiger partial charge in [0, 0.05) is 36.1 Å². The number of fused-ring (bicyclic) bond motifs is 1. The number of aromatic nitrogens is 2. The molecule has 1 aliphatic rings. The largest absolute Gasteiger partial charge is 0.399 e. The Morgan fingerprint density at radius 2 is 2.05 bits per heavy atom. The molecule has 21 heavy (non-hydrogen) atoms. The molecule has 104 valence electrons. The number of nitrogens with zero attached hydrogens (tertiary/aromatic N) is 2. The van der Waals surface area contributed by atoms with Crippen molar-refractivity contribution in [2.24, 2.45) is 0 Å². The molecule has 0 bridgehead atoms. The zero-order valence-corrected chi connectivity index (χ0v) is 11.7. The second kappa shape index (κ2) is 4.77. The maximum Gasteiger partial charge on any atom is 0.139 e. The summed E-state index contributed by atoms with van der Waals surface area (Å²) in [4.78, 5) is 4.50. The van der Waals surface area contributed by atoms with Crippen molar-refractivity contribution < 1.29 is 0 Å². The molecule has 3 aromatic rings. The van der Waals surface area contributed by atoms with Crippen LogP contribution in [0.15, 0.2) is 60.9 Å². The molecule has 3 heteroatoms. The van der Waals surface area contributed by atoms with Crippen LogP contribution in [0.1, 0.15) is 17.0 Å². The molecule has 2 aromatic carbocycles. The molecular weight excluding hydrogens is 258 g/mol. The number of benzene rings is 2. The minimum Gasteiger partial charge on any atom is -0.399 e.